The van der Waals surface area contributed by atoms with Crippen LogP contribution in [0.2, 0.25) is 0 Å². The maximum absolute atomic E-state index is 13.4. The first kappa shape index (κ1) is 23.6. The highest BCUT2D eigenvalue weighted by atomic mass is 32.1. The van der Waals surface area contributed by atoms with Crippen molar-refractivity contribution in [2.75, 3.05) is 6.54 Å². The van der Waals surface area contributed by atoms with Gasteiger partial charge in [-0.25, -0.2) is 9.97 Å². The van der Waals surface area contributed by atoms with Crippen molar-refractivity contribution in [3.8, 4) is 10.4 Å². The average Bonchev–Trinajstić information content (AvgIpc) is 3.57. The van der Waals surface area contributed by atoms with Crippen LogP contribution in [0.4, 0.5) is 0 Å². The van der Waals surface area contributed by atoms with Crippen molar-refractivity contribution in [3.05, 3.63) is 57.1 Å². The highest BCUT2D eigenvalue weighted by Gasteiger charge is 2.38. The largest absolute Gasteiger partial charge is 0.350 e. The molecule has 1 saturated heterocycles. The number of carbonyl (C=O) groups is 2. The van der Waals surface area contributed by atoms with Gasteiger partial charge < -0.3 is 10.2 Å². The summed E-state index contributed by atoms with van der Waals surface area (Å²) in [5.41, 5.74) is 5.05. The maximum Gasteiger partial charge on any atom is 0.243 e. The van der Waals surface area contributed by atoms with Crippen LogP contribution in [0.15, 0.2) is 36.0 Å². The Morgan fingerprint density at radius 2 is 2.00 bits per heavy atom. The van der Waals surface area contributed by atoms with Crippen LogP contribution in [0, 0.1) is 13.8 Å². The van der Waals surface area contributed by atoms with E-state index in [-0.39, 0.29) is 17.7 Å². The molecule has 0 saturated carbocycles. The number of likely N-dealkylation sites (tertiary alicyclic amines) is 1. The smallest absolute Gasteiger partial charge is 0.243 e. The summed E-state index contributed by atoms with van der Waals surface area (Å²) < 4.78 is 0. The Kier molecular flexibility index (Phi) is 7.55. The van der Waals surface area contributed by atoms with E-state index in [9.17, 15) is 9.59 Å². The predicted molar refractivity (Wildman–Crippen MR) is 133 cm³/mol. The molecule has 4 rings (SSSR count). The van der Waals surface area contributed by atoms with E-state index in [0.717, 1.165) is 46.0 Å². The summed E-state index contributed by atoms with van der Waals surface area (Å²) >= 11 is 3.21. The van der Waals surface area contributed by atoms with Gasteiger partial charge in [-0.05, 0) is 44.2 Å². The molecule has 0 radical (unpaired) electrons. The fourth-order valence-electron chi connectivity index (χ4n) is 4.34. The SMILES string of the molecule is CCC[C@@H](C(=O)N1CCC[C@H]1C(=O)NCc1ccc(-c2scnc2C)cc1)c1ncc(C)s1. The van der Waals surface area contributed by atoms with Gasteiger partial charge in [0.1, 0.15) is 11.0 Å². The number of hydrogen-bond donors (Lipinski definition) is 1. The van der Waals surface area contributed by atoms with Crippen molar-refractivity contribution < 1.29 is 9.59 Å². The van der Waals surface area contributed by atoms with E-state index in [1.54, 1.807) is 27.6 Å². The molecule has 174 valence electrons. The third-order valence-electron chi connectivity index (χ3n) is 6.08. The summed E-state index contributed by atoms with van der Waals surface area (Å²) in [6.07, 6.45) is 5.03. The van der Waals surface area contributed by atoms with Gasteiger partial charge in [-0.3, -0.25) is 9.59 Å². The lowest BCUT2D eigenvalue weighted by Gasteiger charge is -2.27. The minimum absolute atomic E-state index is 0.0353. The minimum atomic E-state index is -0.406. The second kappa shape index (κ2) is 10.6. The van der Waals surface area contributed by atoms with Crippen LogP contribution >= 0.6 is 22.7 Å². The highest BCUT2D eigenvalue weighted by Crippen LogP contribution is 2.31. The van der Waals surface area contributed by atoms with Crippen LogP contribution in [0.5, 0.6) is 0 Å². The van der Waals surface area contributed by atoms with Crippen LogP contribution < -0.4 is 5.32 Å². The molecule has 1 fully saturated rings. The number of carbonyl (C=O) groups excluding carboxylic acids is 2. The Bertz CT molecular complexity index is 1110. The van der Waals surface area contributed by atoms with Crippen LogP contribution in [0.3, 0.4) is 0 Å². The molecular weight excluding hydrogens is 452 g/mol. The molecule has 0 aliphatic carbocycles. The van der Waals surface area contributed by atoms with Crippen LogP contribution in [-0.2, 0) is 16.1 Å². The van der Waals surface area contributed by atoms with Gasteiger partial charge in [0, 0.05) is 24.2 Å². The van der Waals surface area contributed by atoms with Crippen molar-refractivity contribution in [1.82, 2.24) is 20.2 Å². The van der Waals surface area contributed by atoms with E-state index in [0.29, 0.717) is 19.5 Å². The average molecular weight is 483 g/mol. The number of nitrogens with zero attached hydrogens (tertiary/aromatic N) is 3. The zero-order chi connectivity index (χ0) is 23.4. The Balaban J connectivity index is 1.39. The Morgan fingerprint density at radius 1 is 1.21 bits per heavy atom. The van der Waals surface area contributed by atoms with Crippen molar-refractivity contribution in [1.29, 1.82) is 0 Å². The summed E-state index contributed by atoms with van der Waals surface area (Å²) in [5, 5.41) is 3.91. The number of amides is 2. The summed E-state index contributed by atoms with van der Waals surface area (Å²) in [6.45, 7) is 7.17. The molecule has 3 aromatic rings. The molecule has 0 bridgehead atoms. The number of thiazole rings is 2. The predicted octanol–water partition coefficient (Wildman–Crippen LogP) is 5.07. The molecular formula is C25H30N4O2S2. The zero-order valence-corrected chi connectivity index (χ0v) is 21.0. The van der Waals surface area contributed by atoms with E-state index in [4.69, 9.17) is 0 Å². The quantitative estimate of drug-likeness (QED) is 0.486. The third-order valence-corrected chi connectivity index (χ3v) is 8.08. The second-order valence-electron chi connectivity index (χ2n) is 8.52. The number of hydrogen-bond acceptors (Lipinski definition) is 6. The van der Waals surface area contributed by atoms with Crippen LogP contribution in [0.25, 0.3) is 10.4 Å². The first-order valence-corrected chi connectivity index (χ1v) is 13.2. The van der Waals surface area contributed by atoms with Crippen molar-refractivity contribution in [3.63, 3.8) is 0 Å². The number of aryl methyl sites for hydroxylation is 2. The fraction of sp³-hybridized carbons (Fsp3) is 0.440. The van der Waals surface area contributed by atoms with Gasteiger partial charge in [0.05, 0.1) is 22.0 Å². The topological polar surface area (TPSA) is 75.2 Å². The number of nitrogens with one attached hydrogen (secondary N) is 1. The fourth-order valence-corrected chi connectivity index (χ4v) is 6.05. The van der Waals surface area contributed by atoms with Gasteiger partial charge in [-0.2, -0.15) is 0 Å². The third kappa shape index (κ3) is 5.33. The number of aromatic nitrogens is 2. The van der Waals surface area contributed by atoms with Gasteiger partial charge in [0.25, 0.3) is 0 Å². The molecule has 1 N–H and O–H groups in total. The zero-order valence-electron chi connectivity index (χ0n) is 19.3. The van der Waals surface area contributed by atoms with Gasteiger partial charge in [0.2, 0.25) is 11.8 Å². The molecule has 1 aliphatic heterocycles. The summed E-state index contributed by atoms with van der Waals surface area (Å²) in [5.74, 6) is -0.299. The van der Waals surface area contributed by atoms with E-state index >= 15 is 0 Å². The van der Waals surface area contributed by atoms with Gasteiger partial charge in [0.15, 0.2) is 0 Å². The Labute approximate surface area is 203 Å². The summed E-state index contributed by atoms with van der Waals surface area (Å²) in [7, 11) is 0. The lowest BCUT2D eigenvalue weighted by atomic mass is 10.0. The van der Waals surface area contributed by atoms with Gasteiger partial charge >= 0.3 is 0 Å². The van der Waals surface area contributed by atoms with Gasteiger partial charge in [-0.1, -0.05) is 37.6 Å². The number of benzene rings is 1. The Hall–Kier alpha value is -2.58. The monoisotopic (exact) mass is 482 g/mol. The van der Waals surface area contributed by atoms with Crippen molar-refractivity contribution >= 4 is 34.5 Å². The lowest BCUT2D eigenvalue weighted by molar-refractivity contribution is -0.139. The highest BCUT2D eigenvalue weighted by molar-refractivity contribution is 7.13. The second-order valence-corrected chi connectivity index (χ2v) is 10.6. The molecule has 8 heteroatoms. The Morgan fingerprint density at radius 3 is 2.64 bits per heavy atom. The lowest BCUT2D eigenvalue weighted by Crippen LogP contribution is -2.47. The number of rotatable bonds is 8. The molecule has 0 spiro atoms. The van der Waals surface area contributed by atoms with Gasteiger partial charge in [-0.15, -0.1) is 22.7 Å². The van der Waals surface area contributed by atoms with E-state index < -0.39 is 6.04 Å². The normalized spacial score (nSPS) is 16.7. The molecule has 2 atom stereocenters. The summed E-state index contributed by atoms with van der Waals surface area (Å²) in [6, 6.07) is 7.80. The molecule has 1 aromatic carbocycles. The first-order valence-electron chi connectivity index (χ1n) is 11.5. The molecule has 0 unspecified atom stereocenters. The maximum atomic E-state index is 13.4. The van der Waals surface area contributed by atoms with Crippen LogP contribution in [-0.4, -0.2) is 39.3 Å². The molecule has 33 heavy (non-hydrogen) atoms. The molecule has 1 aliphatic rings. The molecule has 2 amide bonds. The standard InChI is InChI=1S/C25H30N4O2S2/c1-4-6-20(24-27-13-16(2)33-24)25(31)29-12-5-7-21(29)23(30)26-14-18-8-10-19(11-9-18)22-17(3)28-15-32-22/h8-11,13,15,20-21H,4-7,12,14H2,1-3H3,(H,26,30)/t20-,21+/m1/s1. The first-order chi connectivity index (χ1) is 16.0. The van der Waals surface area contributed by atoms with Crippen LogP contribution in [0.1, 0.15) is 59.7 Å². The van der Waals surface area contributed by atoms with E-state index in [1.165, 1.54) is 4.88 Å². The van der Waals surface area contributed by atoms with Crippen molar-refractivity contribution in [2.24, 2.45) is 0 Å². The summed E-state index contributed by atoms with van der Waals surface area (Å²) in [4.78, 5) is 39.3. The van der Waals surface area contributed by atoms with Crippen molar-refractivity contribution in [2.45, 2.75) is 65.0 Å². The molecule has 2 aromatic heterocycles. The molecule has 3 heterocycles. The van der Waals surface area contributed by atoms with E-state index in [2.05, 4.69) is 34.3 Å². The molecule has 6 nitrogen and oxygen atoms in total. The van der Waals surface area contributed by atoms with E-state index in [1.807, 2.05) is 37.7 Å². The minimum Gasteiger partial charge on any atom is -0.350 e.